The molecule has 6 rings (SSSR count). The Morgan fingerprint density at radius 2 is 1.79 bits per heavy atom. The van der Waals surface area contributed by atoms with Crippen molar-refractivity contribution in [2.45, 2.75) is 38.4 Å². The average Bonchev–Trinajstić information content (AvgIpc) is 3.65. The van der Waals surface area contributed by atoms with Crippen molar-refractivity contribution in [1.82, 2.24) is 19.8 Å². The molecule has 3 aromatic carbocycles. The molecule has 1 aromatic heterocycles. The van der Waals surface area contributed by atoms with E-state index < -0.39 is 6.61 Å². The van der Waals surface area contributed by atoms with E-state index in [0.29, 0.717) is 30.4 Å². The van der Waals surface area contributed by atoms with Crippen LogP contribution >= 0.6 is 0 Å². The predicted molar refractivity (Wildman–Crippen MR) is 158 cm³/mol. The van der Waals surface area contributed by atoms with Crippen molar-refractivity contribution in [2.75, 3.05) is 30.3 Å². The Morgan fingerprint density at radius 3 is 2.48 bits per heavy atom. The zero-order valence-corrected chi connectivity index (χ0v) is 23.1. The van der Waals surface area contributed by atoms with E-state index in [1.54, 1.807) is 24.5 Å². The molecule has 4 aromatic rings. The van der Waals surface area contributed by atoms with Crippen LogP contribution in [0, 0.1) is 6.92 Å². The molecular formula is C32H32F2N6O2. The van der Waals surface area contributed by atoms with E-state index in [-0.39, 0.29) is 23.7 Å². The van der Waals surface area contributed by atoms with E-state index in [1.807, 2.05) is 48.2 Å². The normalized spacial score (nSPS) is 20.3. The molecule has 10 heteroatoms. The first kappa shape index (κ1) is 26.3. The summed E-state index contributed by atoms with van der Waals surface area (Å²) in [5.74, 6) is 0.451. The molecular weight excluding hydrogens is 538 g/mol. The number of halogens is 2. The van der Waals surface area contributed by atoms with Crippen molar-refractivity contribution in [1.29, 1.82) is 0 Å². The predicted octanol–water partition coefficient (Wildman–Crippen LogP) is 6.68. The SMILES string of the molecule is [2H]C1CC12CN(C(=O)Nc1cc(Nc3ncc(-c4ccc(OC(F)F)cc4)cn3)ccc1C)CCN2Cc1ccccc1. The molecule has 2 unspecified atom stereocenters. The van der Waals surface area contributed by atoms with Gasteiger partial charge in [-0.05, 0) is 60.7 Å². The number of hydrogen-bond donors (Lipinski definition) is 2. The summed E-state index contributed by atoms with van der Waals surface area (Å²) in [4.78, 5) is 26.3. The summed E-state index contributed by atoms with van der Waals surface area (Å²) < 4.78 is 37.7. The molecule has 2 fully saturated rings. The highest BCUT2D eigenvalue weighted by atomic mass is 19.3. The number of rotatable bonds is 8. The van der Waals surface area contributed by atoms with Crippen LogP contribution in [0.3, 0.4) is 0 Å². The minimum atomic E-state index is -2.87. The Bertz CT molecular complexity index is 1580. The Kier molecular flexibility index (Phi) is 7.36. The van der Waals surface area contributed by atoms with Gasteiger partial charge in [0.05, 0.1) is 0 Å². The molecule has 216 valence electrons. The fourth-order valence-electron chi connectivity index (χ4n) is 5.22. The van der Waals surface area contributed by atoms with Crippen LogP contribution in [0.25, 0.3) is 11.1 Å². The van der Waals surface area contributed by atoms with Gasteiger partial charge >= 0.3 is 12.6 Å². The molecule has 42 heavy (non-hydrogen) atoms. The van der Waals surface area contributed by atoms with E-state index in [2.05, 4.69) is 42.4 Å². The molecule has 1 saturated carbocycles. The molecule has 0 bridgehead atoms. The summed E-state index contributed by atoms with van der Waals surface area (Å²) in [6.45, 7) is 1.68. The molecule has 2 amide bonds. The monoisotopic (exact) mass is 571 g/mol. The third kappa shape index (κ3) is 6.33. The van der Waals surface area contributed by atoms with Gasteiger partial charge in [-0.1, -0.05) is 48.5 Å². The van der Waals surface area contributed by atoms with Crippen LogP contribution in [0.1, 0.15) is 25.3 Å². The molecule has 8 nitrogen and oxygen atoms in total. The van der Waals surface area contributed by atoms with Crippen LogP contribution in [-0.2, 0) is 6.54 Å². The molecule has 2 aliphatic rings. The lowest BCUT2D eigenvalue weighted by Crippen LogP contribution is -2.56. The molecule has 0 radical (unpaired) electrons. The second-order valence-electron chi connectivity index (χ2n) is 10.6. The van der Waals surface area contributed by atoms with Gasteiger partial charge < -0.3 is 20.3 Å². The Labute approximate surface area is 244 Å². The number of urea groups is 1. The Hall–Kier alpha value is -4.57. The number of nitrogens with one attached hydrogen (secondary N) is 2. The first-order valence-electron chi connectivity index (χ1n) is 14.4. The van der Waals surface area contributed by atoms with Gasteiger partial charge in [-0.15, -0.1) is 0 Å². The number of piperazine rings is 1. The third-order valence-corrected chi connectivity index (χ3v) is 7.71. The molecule has 2 atom stereocenters. The van der Waals surface area contributed by atoms with E-state index in [4.69, 9.17) is 1.37 Å². The molecule has 2 N–H and O–H groups in total. The lowest BCUT2D eigenvalue weighted by Gasteiger charge is -2.42. The van der Waals surface area contributed by atoms with Crippen LogP contribution < -0.4 is 15.4 Å². The van der Waals surface area contributed by atoms with Gasteiger partial charge in [0.25, 0.3) is 0 Å². The van der Waals surface area contributed by atoms with Crippen LogP contribution in [0.4, 0.5) is 30.9 Å². The maximum absolute atomic E-state index is 13.4. The lowest BCUT2D eigenvalue weighted by atomic mass is 10.1. The van der Waals surface area contributed by atoms with Gasteiger partial charge in [-0.3, -0.25) is 4.90 Å². The Morgan fingerprint density at radius 1 is 1.05 bits per heavy atom. The average molecular weight is 572 g/mol. The number of amides is 2. The van der Waals surface area contributed by atoms with Crippen molar-refractivity contribution in [3.8, 4) is 16.9 Å². The van der Waals surface area contributed by atoms with Crippen LogP contribution in [0.2, 0.25) is 0 Å². The zero-order valence-electron chi connectivity index (χ0n) is 24.1. The standard InChI is InChI=1S/C32H32F2N6O2/c1-22-7-10-26(37-30-35-18-25(19-36-30)24-8-11-27(12-9-24)42-29(33)34)17-28(22)38-31(41)39-15-16-40(32(21-39)13-14-32)20-23-5-3-2-4-6-23/h2-12,17-19,29H,13-16,20-21H2,1H3,(H,38,41)(H,35,36,37)/i13D. The van der Waals surface area contributed by atoms with Crippen molar-refractivity contribution >= 4 is 23.4 Å². The third-order valence-electron chi connectivity index (χ3n) is 7.71. The number of anilines is 3. The highest BCUT2D eigenvalue weighted by molar-refractivity contribution is 5.91. The van der Waals surface area contributed by atoms with Crippen molar-refractivity contribution in [3.63, 3.8) is 0 Å². The van der Waals surface area contributed by atoms with Gasteiger partial charge in [-0.25, -0.2) is 14.8 Å². The van der Waals surface area contributed by atoms with E-state index >= 15 is 0 Å². The maximum atomic E-state index is 13.4. The topological polar surface area (TPSA) is 82.6 Å². The fraction of sp³-hybridized carbons (Fsp3) is 0.281. The molecule has 1 saturated heterocycles. The first-order valence-corrected chi connectivity index (χ1v) is 13.8. The number of ether oxygens (including phenoxy) is 1. The second kappa shape index (κ2) is 11.7. The van der Waals surface area contributed by atoms with Gasteiger partial charge in [0, 0.05) is 62.4 Å². The lowest BCUT2D eigenvalue weighted by molar-refractivity contribution is -0.0498. The summed E-state index contributed by atoms with van der Waals surface area (Å²) in [5, 5.41) is 6.24. The summed E-state index contributed by atoms with van der Waals surface area (Å²) in [7, 11) is 0. The summed E-state index contributed by atoms with van der Waals surface area (Å²) >= 11 is 0. The minimum absolute atomic E-state index is 0.0816. The molecule has 2 heterocycles. The number of hydrogen-bond acceptors (Lipinski definition) is 6. The fourth-order valence-corrected chi connectivity index (χ4v) is 5.22. The largest absolute Gasteiger partial charge is 0.435 e. The number of carbonyl (C=O) groups excluding carboxylic acids is 1. The quantitative estimate of drug-likeness (QED) is 0.246. The first-order chi connectivity index (χ1) is 20.8. The number of carbonyl (C=O) groups is 1. The zero-order chi connectivity index (χ0) is 30.0. The summed E-state index contributed by atoms with van der Waals surface area (Å²) in [6, 6.07) is 22.0. The van der Waals surface area contributed by atoms with Gasteiger partial charge in [0.1, 0.15) is 5.75 Å². The van der Waals surface area contributed by atoms with Crippen LogP contribution in [0.15, 0.2) is 85.2 Å². The maximum Gasteiger partial charge on any atom is 0.387 e. The number of aryl methyl sites for hydroxylation is 1. The summed E-state index contributed by atoms with van der Waals surface area (Å²) in [5.41, 5.74) is 4.70. The smallest absolute Gasteiger partial charge is 0.387 e. The van der Waals surface area contributed by atoms with Crippen molar-refractivity contribution < 1.29 is 19.7 Å². The summed E-state index contributed by atoms with van der Waals surface area (Å²) in [6.07, 6.45) is 3.84. The second-order valence-corrected chi connectivity index (χ2v) is 10.6. The van der Waals surface area contributed by atoms with Gasteiger partial charge in [0.2, 0.25) is 5.95 Å². The van der Waals surface area contributed by atoms with Crippen LogP contribution in [0.5, 0.6) is 5.75 Å². The number of nitrogens with zero attached hydrogens (tertiary/aromatic N) is 4. The highest BCUT2D eigenvalue weighted by Gasteiger charge is 2.51. The molecule has 1 aliphatic heterocycles. The van der Waals surface area contributed by atoms with E-state index in [0.717, 1.165) is 36.2 Å². The van der Waals surface area contributed by atoms with Crippen LogP contribution in [-0.4, -0.2) is 57.6 Å². The molecule has 1 spiro atoms. The van der Waals surface area contributed by atoms with Crippen molar-refractivity contribution in [3.05, 3.63) is 96.3 Å². The van der Waals surface area contributed by atoms with E-state index in [9.17, 15) is 13.6 Å². The number of alkyl halides is 2. The Balaban J connectivity index is 1.08. The minimum Gasteiger partial charge on any atom is -0.435 e. The molecule has 1 aliphatic carbocycles. The van der Waals surface area contributed by atoms with E-state index in [1.165, 1.54) is 17.7 Å². The van der Waals surface area contributed by atoms with Crippen molar-refractivity contribution in [2.24, 2.45) is 0 Å². The van der Waals surface area contributed by atoms with Gasteiger partial charge in [-0.2, -0.15) is 8.78 Å². The number of benzene rings is 3. The highest BCUT2D eigenvalue weighted by Crippen LogP contribution is 2.45. The number of aromatic nitrogens is 2. The van der Waals surface area contributed by atoms with Gasteiger partial charge in [0.15, 0.2) is 0 Å².